The highest BCUT2D eigenvalue weighted by Gasteiger charge is 2.40. The van der Waals surface area contributed by atoms with Crippen molar-refractivity contribution in [3.63, 3.8) is 0 Å². The molecule has 4 atom stereocenters. The van der Waals surface area contributed by atoms with Gasteiger partial charge >= 0.3 is 0 Å². The predicted octanol–water partition coefficient (Wildman–Crippen LogP) is 0.227. The van der Waals surface area contributed by atoms with Crippen LogP contribution in [0.5, 0.6) is 0 Å². The standard InChI is InChI=1S/C11H23NO3/c1-4-12(5-2)10-8(13)6-7-9(15-3)11(10)14/h8-11,13-14H,4-7H2,1-3H3/t8-,9+,10+,11-/m1/s1. The zero-order valence-corrected chi connectivity index (χ0v) is 9.89. The second-order valence-electron chi connectivity index (χ2n) is 4.12. The van der Waals surface area contributed by atoms with Crippen molar-refractivity contribution >= 4 is 0 Å². The summed E-state index contributed by atoms with van der Waals surface area (Å²) in [7, 11) is 1.62. The first kappa shape index (κ1) is 12.9. The second-order valence-corrected chi connectivity index (χ2v) is 4.12. The normalized spacial score (nSPS) is 37.2. The molecule has 0 aromatic carbocycles. The molecule has 15 heavy (non-hydrogen) atoms. The number of ether oxygens (including phenoxy) is 1. The molecule has 1 aliphatic rings. The summed E-state index contributed by atoms with van der Waals surface area (Å²) in [5.74, 6) is 0. The van der Waals surface area contributed by atoms with Gasteiger partial charge in [-0.05, 0) is 25.9 Å². The van der Waals surface area contributed by atoms with Crippen LogP contribution in [0.15, 0.2) is 0 Å². The minimum absolute atomic E-state index is 0.140. The maximum absolute atomic E-state index is 10.1. The number of hydrogen-bond acceptors (Lipinski definition) is 4. The van der Waals surface area contributed by atoms with Gasteiger partial charge in [-0.25, -0.2) is 0 Å². The van der Waals surface area contributed by atoms with Gasteiger partial charge in [0.15, 0.2) is 0 Å². The van der Waals surface area contributed by atoms with Crippen molar-refractivity contribution in [2.24, 2.45) is 0 Å². The summed E-state index contributed by atoms with van der Waals surface area (Å²) in [5.41, 5.74) is 0. The Labute approximate surface area is 91.8 Å². The van der Waals surface area contributed by atoms with E-state index in [0.29, 0.717) is 6.42 Å². The number of rotatable bonds is 4. The van der Waals surface area contributed by atoms with Gasteiger partial charge in [0.1, 0.15) is 0 Å². The van der Waals surface area contributed by atoms with Gasteiger partial charge in [-0.15, -0.1) is 0 Å². The molecule has 2 N–H and O–H groups in total. The van der Waals surface area contributed by atoms with Gasteiger partial charge in [0, 0.05) is 7.11 Å². The highest BCUT2D eigenvalue weighted by atomic mass is 16.5. The Kier molecular flexibility index (Phi) is 4.99. The molecule has 1 saturated carbocycles. The smallest absolute Gasteiger partial charge is 0.0981 e. The van der Waals surface area contributed by atoms with E-state index in [0.717, 1.165) is 19.5 Å². The molecule has 0 saturated heterocycles. The van der Waals surface area contributed by atoms with E-state index in [1.807, 2.05) is 13.8 Å². The lowest BCUT2D eigenvalue weighted by Gasteiger charge is -2.43. The highest BCUT2D eigenvalue weighted by molar-refractivity contribution is 4.94. The summed E-state index contributed by atoms with van der Waals surface area (Å²) in [5, 5.41) is 20.0. The molecular weight excluding hydrogens is 194 g/mol. The minimum Gasteiger partial charge on any atom is -0.391 e. The Morgan fingerprint density at radius 1 is 1.20 bits per heavy atom. The lowest BCUT2D eigenvalue weighted by atomic mass is 9.86. The van der Waals surface area contributed by atoms with Gasteiger partial charge in [-0.2, -0.15) is 0 Å². The Morgan fingerprint density at radius 2 is 1.80 bits per heavy atom. The fourth-order valence-electron chi connectivity index (χ4n) is 2.49. The van der Waals surface area contributed by atoms with Crippen molar-refractivity contribution in [2.75, 3.05) is 20.2 Å². The van der Waals surface area contributed by atoms with Crippen LogP contribution < -0.4 is 0 Å². The van der Waals surface area contributed by atoms with Crippen LogP contribution in [-0.2, 0) is 4.74 Å². The zero-order valence-electron chi connectivity index (χ0n) is 9.89. The third-order valence-corrected chi connectivity index (χ3v) is 3.41. The highest BCUT2D eigenvalue weighted by Crippen LogP contribution is 2.25. The maximum Gasteiger partial charge on any atom is 0.0981 e. The first-order chi connectivity index (χ1) is 7.15. The van der Waals surface area contributed by atoms with Gasteiger partial charge in [-0.1, -0.05) is 13.8 Å². The molecule has 0 heterocycles. The van der Waals surface area contributed by atoms with E-state index < -0.39 is 12.2 Å². The van der Waals surface area contributed by atoms with E-state index in [-0.39, 0.29) is 12.1 Å². The quantitative estimate of drug-likeness (QED) is 0.707. The van der Waals surface area contributed by atoms with Crippen molar-refractivity contribution in [1.82, 2.24) is 4.90 Å². The molecule has 0 aromatic rings. The largest absolute Gasteiger partial charge is 0.391 e. The summed E-state index contributed by atoms with van der Waals surface area (Å²) in [4.78, 5) is 2.10. The van der Waals surface area contributed by atoms with Crippen molar-refractivity contribution < 1.29 is 14.9 Å². The summed E-state index contributed by atoms with van der Waals surface area (Å²) >= 11 is 0. The van der Waals surface area contributed by atoms with Crippen molar-refractivity contribution in [1.29, 1.82) is 0 Å². The van der Waals surface area contributed by atoms with E-state index in [4.69, 9.17) is 4.74 Å². The first-order valence-corrected chi connectivity index (χ1v) is 5.78. The molecule has 0 unspecified atom stereocenters. The third-order valence-electron chi connectivity index (χ3n) is 3.41. The van der Waals surface area contributed by atoms with Crippen LogP contribution in [0.2, 0.25) is 0 Å². The number of nitrogens with zero attached hydrogens (tertiary/aromatic N) is 1. The van der Waals surface area contributed by atoms with Gasteiger partial charge in [0.2, 0.25) is 0 Å². The average Bonchev–Trinajstić information content (AvgIpc) is 2.24. The summed E-state index contributed by atoms with van der Waals surface area (Å²) in [6, 6.07) is -0.182. The van der Waals surface area contributed by atoms with E-state index in [1.54, 1.807) is 7.11 Å². The van der Waals surface area contributed by atoms with Gasteiger partial charge < -0.3 is 14.9 Å². The molecule has 0 amide bonds. The molecule has 0 radical (unpaired) electrons. The number of hydrogen-bond donors (Lipinski definition) is 2. The molecule has 1 fully saturated rings. The van der Waals surface area contributed by atoms with E-state index in [1.165, 1.54) is 0 Å². The monoisotopic (exact) mass is 217 g/mol. The van der Waals surface area contributed by atoms with Crippen LogP contribution in [-0.4, -0.2) is 59.7 Å². The number of methoxy groups -OCH3 is 1. The molecule has 0 bridgehead atoms. The maximum atomic E-state index is 10.1. The summed E-state index contributed by atoms with van der Waals surface area (Å²) in [6.45, 7) is 5.76. The van der Waals surface area contributed by atoms with E-state index >= 15 is 0 Å². The van der Waals surface area contributed by atoms with Crippen LogP contribution >= 0.6 is 0 Å². The molecule has 0 aromatic heterocycles. The molecule has 4 nitrogen and oxygen atoms in total. The van der Waals surface area contributed by atoms with Crippen molar-refractivity contribution in [3.05, 3.63) is 0 Å². The van der Waals surface area contributed by atoms with Gasteiger partial charge in [0.25, 0.3) is 0 Å². The fraction of sp³-hybridized carbons (Fsp3) is 1.00. The van der Waals surface area contributed by atoms with E-state index in [2.05, 4.69) is 4.90 Å². The zero-order chi connectivity index (χ0) is 11.4. The lowest BCUT2D eigenvalue weighted by molar-refractivity contribution is -0.122. The molecule has 0 aliphatic heterocycles. The predicted molar refractivity (Wildman–Crippen MR) is 58.8 cm³/mol. The molecule has 4 heteroatoms. The van der Waals surface area contributed by atoms with Crippen LogP contribution in [0, 0.1) is 0 Å². The van der Waals surface area contributed by atoms with E-state index in [9.17, 15) is 10.2 Å². The minimum atomic E-state index is -0.585. The fourth-order valence-corrected chi connectivity index (χ4v) is 2.49. The van der Waals surface area contributed by atoms with Crippen LogP contribution in [0.3, 0.4) is 0 Å². The first-order valence-electron chi connectivity index (χ1n) is 5.78. The van der Waals surface area contributed by atoms with Crippen molar-refractivity contribution in [2.45, 2.75) is 51.0 Å². The third kappa shape index (κ3) is 2.69. The molecule has 1 rings (SSSR count). The SMILES string of the molecule is CCN(CC)[C@@H]1[C@H](O)[C@@H](OC)CC[C@H]1O. The molecule has 90 valence electrons. The topological polar surface area (TPSA) is 52.9 Å². The Bertz CT molecular complexity index is 185. The average molecular weight is 217 g/mol. The Morgan fingerprint density at radius 3 is 2.27 bits per heavy atom. The van der Waals surface area contributed by atoms with Gasteiger partial charge in [0.05, 0.1) is 24.4 Å². The Balaban J connectivity index is 2.72. The van der Waals surface area contributed by atoms with Crippen LogP contribution in [0.25, 0.3) is 0 Å². The molecular formula is C11H23NO3. The van der Waals surface area contributed by atoms with Crippen LogP contribution in [0.1, 0.15) is 26.7 Å². The molecule has 0 spiro atoms. The Hall–Kier alpha value is -0.160. The van der Waals surface area contributed by atoms with Crippen LogP contribution in [0.4, 0.5) is 0 Å². The number of aliphatic hydroxyl groups excluding tert-OH is 2. The van der Waals surface area contributed by atoms with Gasteiger partial charge in [-0.3, -0.25) is 4.90 Å². The number of aliphatic hydroxyl groups is 2. The second kappa shape index (κ2) is 5.80. The van der Waals surface area contributed by atoms with Crippen molar-refractivity contribution in [3.8, 4) is 0 Å². The summed E-state index contributed by atoms with van der Waals surface area (Å²) in [6.07, 6.45) is 0.275. The molecule has 1 aliphatic carbocycles. The summed E-state index contributed by atoms with van der Waals surface area (Å²) < 4.78 is 5.23. The number of likely N-dealkylation sites (N-methyl/N-ethyl adjacent to an activating group) is 1. The lowest BCUT2D eigenvalue weighted by Crippen LogP contribution is -2.58.